The van der Waals surface area contributed by atoms with Gasteiger partial charge in [-0.2, -0.15) is 0 Å². The van der Waals surface area contributed by atoms with E-state index in [2.05, 4.69) is 42.7 Å². The van der Waals surface area contributed by atoms with Crippen LogP contribution in [0.3, 0.4) is 0 Å². The number of phosphoric ester groups is 1. The van der Waals surface area contributed by atoms with Crippen LogP contribution in [0.1, 0.15) is 117 Å². The molecule has 210 valence electrons. The van der Waals surface area contributed by atoms with Crippen molar-refractivity contribution >= 4 is 19.8 Å². The van der Waals surface area contributed by atoms with E-state index in [0.29, 0.717) is 6.42 Å². The molecule has 36 heavy (non-hydrogen) atoms. The Hall–Kier alpha value is -1.47. The number of ether oxygens (including phenoxy) is 2. The monoisotopic (exact) mass is 532 g/mol. The van der Waals surface area contributed by atoms with Crippen LogP contribution < -0.4 is 0 Å². The first-order valence-electron chi connectivity index (χ1n) is 13.6. The highest BCUT2D eigenvalue weighted by atomic mass is 31.2. The molecule has 1 unspecified atom stereocenters. The third-order valence-corrected chi connectivity index (χ3v) is 5.94. The Morgan fingerprint density at radius 1 is 0.722 bits per heavy atom. The van der Waals surface area contributed by atoms with Gasteiger partial charge in [0.2, 0.25) is 0 Å². The Morgan fingerprint density at radius 2 is 1.31 bits per heavy atom. The standard InChI is InChI=1S/C27H49O8P/c1-3-5-7-9-10-11-12-13-14-15-16-18-20-22-27(29)35-25(24-34-36(30,31)32)23-33-26(28)21-19-17-8-6-4-2/h7,9,11-12,25H,3-6,8,10,13-24H2,1-2H3,(H2,30,31,32)/b9-7-,12-11-. The summed E-state index contributed by atoms with van der Waals surface area (Å²) in [5.41, 5.74) is 0. The highest BCUT2D eigenvalue weighted by Gasteiger charge is 2.22. The van der Waals surface area contributed by atoms with Crippen LogP contribution in [-0.2, 0) is 28.2 Å². The number of unbranched alkanes of at least 4 members (excludes halogenated alkanes) is 10. The fourth-order valence-electron chi connectivity index (χ4n) is 3.41. The lowest BCUT2D eigenvalue weighted by Gasteiger charge is -2.18. The van der Waals surface area contributed by atoms with Crippen LogP contribution in [0.4, 0.5) is 0 Å². The fourth-order valence-corrected chi connectivity index (χ4v) is 3.77. The lowest BCUT2D eigenvalue weighted by Crippen LogP contribution is -2.29. The van der Waals surface area contributed by atoms with Gasteiger partial charge in [-0.25, -0.2) is 4.57 Å². The number of hydrogen-bond donors (Lipinski definition) is 2. The van der Waals surface area contributed by atoms with Crippen molar-refractivity contribution in [2.45, 2.75) is 123 Å². The summed E-state index contributed by atoms with van der Waals surface area (Å²) in [6.07, 6.45) is 22.3. The van der Waals surface area contributed by atoms with E-state index in [1.165, 1.54) is 6.42 Å². The first kappa shape index (κ1) is 34.5. The van der Waals surface area contributed by atoms with Gasteiger partial charge in [-0.1, -0.05) is 89.5 Å². The highest BCUT2D eigenvalue weighted by molar-refractivity contribution is 7.46. The lowest BCUT2D eigenvalue weighted by atomic mass is 10.1. The minimum atomic E-state index is -4.73. The minimum absolute atomic E-state index is 0.196. The van der Waals surface area contributed by atoms with Crippen molar-refractivity contribution in [2.75, 3.05) is 13.2 Å². The molecule has 0 aliphatic heterocycles. The van der Waals surface area contributed by atoms with Gasteiger partial charge in [0, 0.05) is 12.8 Å². The first-order chi connectivity index (χ1) is 17.3. The van der Waals surface area contributed by atoms with E-state index >= 15 is 0 Å². The molecule has 0 saturated carbocycles. The Morgan fingerprint density at radius 3 is 1.94 bits per heavy atom. The number of esters is 2. The van der Waals surface area contributed by atoms with Gasteiger partial charge in [0.05, 0.1) is 6.61 Å². The zero-order valence-electron chi connectivity index (χ0n) is 22.4. The topological polar surface area (TPSA) is 119 Å². The molecule has 2 N–H and O–H groups in total. The van der Waals surface area contributed by atoms with Gasteiger partial charge in [-0.05, 0) is 38.5 Å². The van der Waals surface area contributed by atoms with Crippen LogP contribution in [0.5, 0.6) is 0 Å². The van der Waals surface area contributed by atoms with Crippen molar-refractivity contribution < 1.29 is 37.9 Å². The largest absolute Gasteiger partial charge is 0.469 e. The second-order valence-electron chi connectivity index (χ2n) is 9.02. The molecule has 0 saturated heterocycles. The fraction of sp³-hybridized carbons (Fsp3) is 0.778. The number of allylic oxidation sites excluding steroid dienone is 4. The Labute approximate surface area is 218 Å². The molecule has 0 aromatic carbocycles. The third-order valence-electron chi connectivity index (χ3n) is 5.45. The van der Waals surface area contributed by atoms with Crippen LogP contribution >= 0.6 is 7.82 Å². The van der Waals surface area contributed by atoms with Crippen LogP contribution in [0, 0.1) is 0 Å². The van der Waals surface area contributed by atoms with Crippen LogP contribution in [0.2, 0.25) is 0 Å². The van der Waals surface area contributed by atoms with Gasteiger partial charge in [0.25, 0.3) is 0 Å². The normalized spacial score (nSPS) is 12.9. The van der Waals surface area contributed by atoms with Crippen molar-refractivity contribution in [2.24, 2.45) is 0 Å². The number of hydrogen-bond acceptors (Lipinski definition) is 6. The number of rotatable bonds is 24. The molecule has 0 aliphatic rings. The van der Waals surface area contributed by atoms with Crippen molar-refractivity contribution in [3.05, 3.63) is 24.3 Å². The molecule has 0 heterocycles. The minimum Gasteiger partial charge on any atom is -0.462 e. The van der Waals surface area contributed by atoms with E-state index in [9.17, 15) is 14.2 Å². The zero-order chi connectivity index (χ0) is 26.9. The summed E-state index contributed by atoms with van der Waals surface area (Å²) in [6.45, 7) is 3.45. The predicted octanol–water partition coefficient (Wildman–Crippen LogP) is 6.94. The molecule has 0 aliphatic carbocycles. The molecule has 0 radical (unpaired) electrons. The molecule has 0 rings (SSSR count). The summed E-state index contributed by atoms with van der Waals surface area (Å²) in [7, 11) is -4.73. The van der Waals surface area contributed by atoms with E-state index in [1.807, 2.05) is 0 Å². The molecule has 8 nitrogen and oxygen atoms in total. The summed E-state index contributed by atoms with van der Waals surface area (Å²) in [6, 6.07) is 0. The van der Waals surface area contributed by atoms with Crippen molar-refractivity contribution in [3.8, 4) is 0 Å². The molecular formula is C27H49O8P. The maximum Gasteiger partial charge on any atom is 0.469 e. The van der Waals surface area contributed by atoms with E-state index in [1.54, 1.807) is 0 Å². The number of carbonyl (C=O) groups is 2. The van der Waals surface area contributed by atoms with Crippen molar-refractivity contribution in [3.63, 3.8) is 0 Å². The maximum atomic E-state index is 12.2. The highest BCUT2D eigenvalue weighted by Crippen LogP contribution is 2.35. The predicted molar refractivity (Wildman–Crippen MR) is 142 cm³/mol. The second-order valence-corrected chi connectivity index (χ2v) is 10.3. The van der Waals surface area contributed by atoms with Crippen LogP contribution in [0.15, 0.2) is 24.3 Å². The summed E-state index contributed by atoms with van der Waals surface area (Å²) in [5.74, 6) is -0.921. The Kier molecular flexibility index (Phi) is 22.9. The molecule has 0 fully saturated rings. The van der Waals surface area contributed by atoms with Gasteiger partial charge in [0.15, 0.2) is 6.10 Å². The SMILES string of the molecule is CCC/C=C\C/C=C\CCCCCCCC(=O)OC(COC(=O)CCCCCCC)COP(=O)(O)O. The van der Waals surface area contributed by atoms with Crippen molar-refractivity contribution in [1.82, 2.24) is 0 Å². The summed E-state index contributed by atoms with van der Waals surface area (Å²) < 4.78 is 25.9. The summed E-state index contributed by atoms with van der Waals surface area (Å²) >= 11 is 0. The molecule has 0 aromatic rings. The smallest absolute Gasteiger partial charge is 0.462 e. The molecule has 0 bridgehead atoms. The lowest BCUT2D eigenvalue weighted by molar-refractivity contribution is -0.161. The van der Waals surface area contributed by atoms with E-state index < -0.39 is 32.5 Å². The number of phosphoric acid groups is 1. The summed E-state index contributed by atoms with van der Waals surface area (Å²) in [5, 5.41) is 0. The molecule has 0 aromatic heterocycles. The average molecular weight is 533 g/mol. The van der Waals surface area contributed by atoms with Gasteiger partial charge in [-0.3, -0.25) is 14.1 Å². The van der Waals surface area contributed by atoms with Crippen molar-refractivity contribution in [1.29, 1.82) is 0 Å². The van der Waals surface area contributed by atoms with Gasteiger partial charge < -0.3 is 19.3 Å². The Bertz CT molecular complexity index is 656. The quantitative estimate of drug-likeness (QED) is 0.0593. The van der Waals surface area contributed by atoms with E-state index in [0.717, 1.165) is 77.0 Å². The molecule has 1 atom stereocenters. The molecular weight excluding hydrogens is 483 g/mol. The Balaban J connectivity index is 4.09. The van der Waals surface area contributed by atoms with Crippen LogP contribution in [-0.4, -0.2) is 41.0 Å². The third kappa shape index (κ3) is 25.6. The number of carbonyl (C=O) groups excluding carboxylic acids is 2. The van der Waals surface area contributed by atoms with Gasteiger partial charge in [-0.15, -0.1) is 0 Å². The van der Waals surface area contributed by atoms with Crippen LogP contribution in [0.25, 0.3) is 0 Å². The molecule has 9 heteroatoms. The van der Waals surface area contributed by atoms with E-state index in [-0.39, 0.29) is 19.4 Å². The van der Waals surface area contributed by atoms with Gasteiger partial charge in [0.1, 0.15) is 6.61 Å². The van der Waals surface area contributed by atoms with Gasteiger partial charge >= 0.3 is 19.8 Å². The zero-order valence-corrected chi connectivity index (χ0v) is 23.3. The molecule has 0 amide bonds. The average Bonchev–Trinajstić information content (AvgIpc) is 2.83. The summed E-state index contributed by atoms with van der Waals surface area (Å²) in [4.78, 5) is 41.9. The molecule has 0 spiro atoms. The second kappa shape index (κ2) is 23.9. The van der Waals surface area contributed by atoms with E-state index in [4.69, 9.17) is 19.3 Å². The first-order valence-corrected chi connectivity index (χ1v) is 15.2. The maximum absolute atomic E-state index is 12.2.